The molecule has 156 valence electrons. The minimum atomic E-state index is 0.0716. The molecule has 0 bridgehead atoms. The van der Waals surface area contributed by atoms with Crippen LogP contribution in [0, 0.1) is 0 Å². The molecular weight excluding hydrogens is 364 g/mol. The van der Waals surface area contributed by atoms with Crippen molar-refractivity contribution in [1.82, 2.24) is 14.7 Å². The van der Waals surface area contributed by atoms with E-state index in [0.29, 0.717) is 18.5 Å². The van der Waals surface area contributed by atoms with E-state index in [2.05, 4.69) is 27.4 Å². The molecule has 6 heteroatoms. The second-order valence-corrected chi connectivity index (χ2v) is 8.16. The first kappa shape index (κ1) is 20.1. The van der Waals surface area contributed by atoms with Crippen LogP contribution >= 0.6 is 0 Å². The Morgan fingerprint density at radius 2 is 1.79 bits per heavy atom. The number of carbonyl (C=O) groups is 1. The number of aromatic nitrogens is 2. The van der Waals surface area contributed by atoms with E-state index in [1.54, 1.807) is 6.20 Å². The minimum absolute atomic E-state index is 0.0716. The summed E-state index contributed by atoms with van der Waals surface area (Å²) in [5.74, 6) is 0.904. The lowest BCUT2D eigenvalue weighted by Crippen LogP contribution is -2.44. The molecule has 6 nitrogen and oxygen atoms in total. The Kier molecular flexibility index (Phi) is 6.96. The van der Waals surface area contributed by atoms with Crippen molar-refractivity contribution >= 4 is 11.7 Å². The highest BCUT2D eigenvalue weighted by atomic mass is 16.5. The predicted octanol–water partition coefficient (Wildman–Crippen LogP) is 3.66. The third kappa shape index (κ3) is 5.46. The molecule has 3 heterocycles. The maximum atomic E-state index is 12.4. The van der Waals surface area contributed by atoms with E-state index in [0.717, 1.165) is 70.6 Å². The van der Waals surface area contributed by atoms with Gasteiger partial charge >= 0.3 is 0 Å². The van der Waals surface area contributed by atoms with Crippen LogP contribution in [0.1, 0.15) is 50.1 Å². The van der Waals surface area contributed by atoms with Gasteiger partial charge in [0.15, 0.2) is 0 Å². The largest absolute Gasteiger partial charge is 0.381 e. The highest BCUT2D eigenvalue weighted by molar-refractivity contribution is 5.89. The molecule has 0 radical (unpaired) electrons. The monoisotopic (exact) mass is 396 g/mol. The van der Waals surface area contributed by atoms with Gasteiger partial charge < -0.3 is 15.0 Å². The second-order valence-electron chi connectivity index (χ2n) is 8.16. The molecule has 0 unspecified atom stereocenters. The van der Waals surface area contributed by atoms with E-state index in [-0.39, 0.29) is 5.91 Å². The summed E-state index contributed by atoms with van der Waals surface area (Å²) in [5, 5.41) is 7.60. The maximum absolute atomic E-state index is 12.4. The molecule has 1 aromatic heterocycles. The lowest BCUT2D eigenvalue weighted by Gasteiger charge is -2.39. The molecule has 2 aliphatic heterocycles. The van der Waals surface area contributed by atoms with E-state index in [4.69, 9.17) is 4.74 Å². The third-order valence-electron chi connectivity index (χ3n) is 6.20. The van der Waals surface area contributed by atoms with Gasteiger partial charge in [0.2, 0.25) is 5.91 Å². The number of rotatable bonds is 7. The minimum Gasteiger partial charge on any atom is -0.381 e. The first-order chi connectivity index (χ1) is 14.3. The molecular formula is C23H32N4O2. The highest BCUT2D eigenvalue weighted by Crippen LogP contribution is 2.28. The molecule has 0 saturated carbocycles. The van der Waals surface area contributed by atoms with Crippen molar-refractivity contribution in [3.8, 4) is 0 Å². The lowest BCUT2D eigenvalue weighted by molar-refractivity contribution is -0.116. The Balaban J connectivity index is 1.24. The van der Waals surface area contributed by atoms with Crippen molar-refractivity contribution in [3.63, 3.8) is 0 Å². The number of nitrogens with zero attached hydrogens (tertiary/aromatic N) is 3. The number of likely N-dealkylation sites (tertiary alicyclic amines) is 1. The van der Waals surface area contributed by atoms with Gasteiger partial charge in [0, 0.05) is 44.8 Å². The Hall–Kier alpha value is -2.18. The van der Waals surface area contributed by atoms with Crippen molar-refractivity contribution in [2.24, 2.45) is 0 Å². The lowest BCUT2D eigenvalue weighted by atomic mass is 10.00. The molecule has 2 fully saturated rings. The first-order valence-corrected chi connectivity index (χ1v) is 11.0. The fourth-order valence-corrected chi connectivity index (χ4v) is 4.55. The van der Waals surface area contributed by atoms with Crippen LogP contribution in [0.5, 0.6) is 0 Å². The Labute approximate surface area is 173 Å². The smallest absolute Gasteiger partial charge is 0.225 e. The quantitative estimate of drug-likeness (QED) is 0.776. The predicted molar refractivity (Wildman–Crippen MR) is 114 cm³/mol. The van der Waals surface area contributed by atoms with Gasteiger partial charge in [-0.25, -0.2) is 4.68 Å². The van der Waals surface area contributed by atoms with Crippen LogP contribution in [-0.4, -0.2) is 52.9 Å². The number of carbonyl (C=O) groups excluding carboxylic acids is 1. The summed E-state index contributed by atoms with van der Waals surface area (Å²) in [4.78, 5) is 15.0. The van der Waals surface area contributed by atoms with E-state index >= 15 is 0 Å². The molecule has 1 aromatic carbocycles. The average Bonchev–Trinajstić information content (AvgIpc) is 3.23. The number of aryl methyl sites for hydroxylation is 1. The zero-order valence-electron chi connectivity index (χ0n) is 17.1. The zero-order valence-corrected chi connectivity index (χ0v) is 17.1. The van der Waals surface area contributed by atoms with Gasteiger partial charge in [-0.2, -0.15) is 5.10 Å². The summed E-state index contributed by atoms with van der Waals surface area (Å²) < 4.78 is 7.52. The van der Waals surface area contributed by atoms with Crippen molar-refractivity contribution in [1.29, 1.82) is 0 Å². The normalized spacial score (nSPS) is 19.3. The van der Waals surface area contributed by atoms with Crippen molar-refractivity contribution < 1.29 is 9.53 Å². The molecule has 1 amide bonds. The number of nitrogens with one attached hydrogen (secondary N) is 1. The van der Waals surface area contributed by atoms with Gasteiger partial charge in [-0.15, -0.1) is 0 Å². The Morgan fingerprint density at radius 3 is 2.55 bits per heavy atom. The molecule has 4 rings (SSSR count). The summed E-state index contributed by atoms with van der Waals surface area (Å²) >= 11 is 0. The molecule has 0 aliphatic carbocycles. The summed E-state index contributed by atoms with van der Waals surface area (Å²) in [6.45, 7) is 3.98. The molecule has 0 spiro atoms. The summed E-state index contributed by atoms with van der Waals surface area (Å²) in [5.41, 5.74) is 1.28. The van der Waals surface area contributed by atoms with Crippen LogP contribution in [-0.2, 0) is 16.0 Å². The number of amides is 1. The Bertz CT molecular complexity index is 762. The van der Waals surface area contributed by atoms with Crippen LogP contribution in [0.3, 0.4) is 0 Å². The Morgan fingerprint density at radius 1 is 1.03 bits per heavy atom. The second kappa shape index (κ2) is 10.0. The van der Waals surface area contributed by atoms with Crippen LogP contribution in [0.25, 0.3) is 0 Å². The van der Waals surface area contributed by atoms with Gasteiger partial charge in [-0.05, 0) is 44.1 Å². The maximum Gasteiger partial charge on any atom is 0.225 e. The van der Waals surface area contributed by atoms with Gasteiger partial charge in [0.05, 0.1) is 12.2 Å². The number of piperidine rings is 1. The van der Waals surface area contributed by atoms with Crippen LogP contribution in [0.4, 0.5) is 5.82 Å². The number of anilines is 1. The molecule has 2 aliphatic rings. The van der Waals surface area contributed by atoms with Gasteiger partial charge in [0.25, 0.3) is 0 Å². The fourth-order valence-electron chi connectivity index (χ4n) is 4.55. The zero-order chi connectivity index (χ0) is 19.9. The van der Waals surface area contributed by atoms with E-state index in [1.807, 2.05) is 28.9 Å². The first-order valence-electron chi connectivity index (χ1n) is 11.0. The van der Waals surface area contributed by atoms with Crippen molar-refractivity contribution in [2.45, 2.75) is 57.0 Å². The number of hydrogen-bond donors (Lipinski definition) is 1. The number of hydrogen-bond acceptors (Lipinski definition) is 4. The molecule has 29 heavy (non-hydrogen) atoms. The van der Waals surface area contributed by atoms with Gasteiger partial charge in [0.1, 0.15) is 5.82 Å². The van der Waals surface area contributed by atoms with Crippen molar-refractivity contribution in [3.05, 3.63) is 48.2 Å². The van der Waals surface area contributed by atoms with Crippen LogP contribution < -0.4 is 5.32 Å². The van der Waals surface area contributed by atoms with Gasteiger partial charge in [-0.3, -0.25) is 4.79 Å². The molecule has 0 atom stereocenters. The SMILES string of the molecule is O=C(CCCc1ccccc1)Nc1ccnn1C1CCN(C2CCOCC2)CC1. The average molecular weight is 397 g/mol. The molecule has 1 N–H and O–H groups in total. The number of ether oxygens (including phenoxy) is 1. The highest BCUT2D eigenvalue weighted by Gasteiger charge is 2.28. The molecule has 2 saturated heterocycles. The summed E-state index contributed by atoms with van der Waals surface area (Å²) in [6.07, 6.45) is 8.57. The van der Waals surface area contributed by atoms with Crippen LogP contribution in [0.2, 0.25) is 0 Å². The number of benzene rings is 1. The standard InChI is InChI=1S/C23H32N4O2/c28-23(8-4-7-19-5-2-1-3-6-19)25-22-9-14-24-27(22)21-10-15-26(16-11-21)20-12-17-29-18-13-20/h1-3,5-6,9,14,20-21H,4,7-8,10-13,15-18H2,(H,25,28). The summed E-state index contributed by atoms with van der Waals surface area (Å²) in [7, 11) is 0. The summed E-state index contributed by atoms with van der Waals surface area (Å²) in [6, 6.07) is 13.3. The van der Waals surface area contributed by atoms with Crippen LogP contribution in [0.15, 0.2) is 42.6 Å². The molecule has 2 aromatic rings. The fraction of sp³-hybridized carbons (Fsp3) is 0.565. The van der Waals surface area contributed by atoms with E-state index < -0.39 is 0 Å². The van der Waals surface area contributed by atoms with E-state index in [9.17, 15) is 4.79 Å². The van der Waals surface area contributed by atoms with Gasteiger partial charge in [-0.1, -0.05) is 30.3 Å². The third-order valence-corrected chi connectivity index (χ3v) is 6.20. The topological polar surface area (TPSA) is 59.4 Å². The van der Waals surface area contributed by atoms with E-state index in [1.165, 1.54) is 5.56 Å². The van der Waals surface area contributed by atoms with Crippen molar-refractivity contribution in [2.75, 3.05) is 31.6 Å².